The van der Waals surface area contributed by atoms with Crippen molar-refractivity contribution < 1.29 is 14.7 Å². The molecule has 156 valence electrons. The van der Waals surface area contributed by atoms with Crippen LogP contribution in [0, 0.1) is 0 Å². The molecular weight excluding hydrogens is 378 g/mol. The summed E-state index contributed by atoms with van der Waals surface area (Å²) in [7, 11) is 0. The van der Waals surface area contributed by atoms with Crippen molar-refractivity contribution in [1.82, 2.24) is 15.2 Å². The van der Waals surface area contributed by atoms with Gasteiger partial charge in [-0.15, -0.1) is 0 Å². The number of nitrogens with zero attached hydrogens (tertiary/aromatic N) is 1. The van der Waals surface area contributed by atoms with E-state index in [0.717, 1.165) is 29.3 Å². The Morgan fingerprint density at radius 1 is 1.07 bits per heavy atom. The van der Waals surface area contributed by atoms with Crippen molar-refractivity contribution in [3.8, 4) is 0 Å². The van der Waals surface area contributed by atoms with Crippen molar-refractivity contribution >= 4 is 22.9 Å². The first-order valence-electron chi connectivity index (χ1n) is 10.4. The molecule has 1 aliphatic rings. The molecule has 2 aromatic carbocycles. The van der Waals surface area contributed by atoms with Crippen molar-refractivity contribution in [3.05, 3.63) is 71.9 Å². The number of para-hydroxylation sites is 1. The number of aromatic nitrogens is 1. The molecule has 1 fully saturated rings. The third-order valence-corrected chi connectivity index (χ3v) is 6.21. The molecule has 2 atom stereocenters. The first kappa shape index (κ1) is 20.0. The zero-order chi connectivity index (χ0) is 21.1. The fraction of sp³-hybridized carbons (Fsp3) is 0.333. The second-order valence-corrected chi connectivity index (χ2v) is 8.02. The highest BCUT2D eigenvalue weighted by molar-refractivity contribution is 5.87. The highest BCUT2D eigenvalue weighted by atomic mass is 16.4. The zero-order valence-electron chi connectivity index (χ0n) is 17.0. The van der Waals surface area contributed by atoms with Crippen LogP contribution in [0.15, 0.2) is 60.8 Å². The standard InChI is InChI=1S/C24H27N3O3/c1-16(20-15-25-21-10-6-5-9-19(20)21)22(23(28)29)26-24(30)27-13-11-18(12-14-27)17-7-3-2-4-8-17/h2-10,15-16,18,22,25H,11-14H2,1H3,(H,26,30)(H,28,29)/t16-,22+/m1/s1. The third-order valence-electron chi connectivity index (χ3n) is 6.21. The molecule has 0 spiro atoms. The number of carbonyl (C=O) groups excluding carboxylic acids is 1. The second kappa shape index (κ2) is 8.61. The average Bonchev–Trinajstić information content (AvgIpc) is 3.21. The fourth-order valence-corrected chi connectivity index (χ4v) is 4.42. The summed E-state index contributed by atoms with van der Waals surface area (Å²) in [6, 6.07) is 16.8. The maximum Gasteiger partial charge on any atom is 0.326 e. The van der Waals surface area contributed by atoms with Crippen LogP contribution in [0.25, 0.3) is 10.9 Å². The SMILES string of the molecule is C[C@H](c1c[nH]c2ccccc12)[C@H](NC(=O)N1CCC(c2ccccc2)CC1)C(=O)O. The van der Waals surface area contributed by atoms with Gasteiger partial charge in [-0.25, -0.2) is 9.59 Å². The largest absolute Gasteiger partial charge is 0.480 e. The van der Waals surface area contributed by atoms with Crippen molar-refractivity contribution in [2.75, 3.05) is 13.1 Å². The van der Waals surface area contributed by atoms with Gasteiger partial charge >= 0.3 is 12.0 Å². The number of nitrogens with one attached hydrogen (secondary N) is 2. The van der Waals surface area contributed by atoms with E-state index in [-0.39, 0.29) is 11.9 Å². The number of benzene rings is 2. The van der Waals surface area contributed by atoms with E-state index in [1.54, 1.807) is 4.90 Å². The number of H-pyrrole nitrogens is 1. The highest BCUT2D eigenvalue weighted by Crippen LogP contribution is 2.29. The summed E-state index contributed by atoms with van der Waals surface area (Å²) in [5.74, 6) is -0.958. The molecule has 4 rings (SSSR count). The molecule has 0 radical (unpaired) electrons. The Morgan fingerprint density at radius 3 is 2.43 bits per heavy atom. The smallest absolute Gasteiger partial charge is 0.326 e. The van der Waals surface area contributed by atoms with Crippen LogP contribution in [0.3, 0.4) is 0 Å². The van der Waals surface area contributed by atoms with E-state index >= 15 is 0 Å². The van der Waals surface area contributed by atoms with E-state index in [1.165, 1.54) is 5.56 Å². The van der Waals surface area contributed by atoms with Crippen LogP contribution in [0.4, 0.5) is 4.79 Å². The topological polar surface area (TPSA) is 85.4 Å². The Balaban J connectivity index is 1.42. The number of aliphatic carboxylic acids is 1. The number of fused-ring (bicyclic) bond motifs is 1. The lowest BCUT2D eigenvalue weighted by Gasteiger charge is -2.33. The molecule has 1 saturated heterocycles. The Bertz CT molecular complexity index is 1020. The van der Waals surface area contributed by atoms with Crippen molar-refractivity contribution in [2.24, 2.45) is 0 Å². The van der Waals surface area contributed by atoms with Gasteiger partial charge in [0.1, 0.15) is 6.04 Å². The van der Waals surface area contributed by atoms with E-state index in [2.05, 4.69) is 22.4 Å². The monoisotopic (exact) mass is 405 g/mol. The third kappa shape index (κ3) is 4.03. The quantitative estimate of drug-likeness (QED) is 0.591. The van der Waals surface area contributed by atoms with E-state index in [4.69, 9.17) is 0 Å². The van der Waals surface area contributed by atoms with Crippen LogP contribution < -0.4 is 5.32 Å². The van der Waals surface area contributed by atoms with Gasteiger partial charge in [0.15, 0.2) is 0 Å². The minimum absolute atomic E-state index is 0.305. The maximum absolute atomic E-state index is 12.8. The van der Waals surface area contributed by atoms with E-state index < -0.39 is 12.0 Å². The molecule has 0 aliphatic carbocycles. The Morgan fingerprint density at radius 2 is 1.73 bits per heavy atom. The molecule has 30 heavy (non-hydrogen) atoms. The summed E-state index contributed by atoms with van der Waals surface area (Å²) in [6.45, 7) is 3.09. The summed E-state index contributed by atoms with van der Waals surface area (Å²) in [5.41, 5.74) is 3.15. The van der Waals surface area contributed by atoms with Crippen LogP contribution in [-0.4, -0.2) is 46.1 Å². The molecule has 2 amide bonds. The number of hydrogen-bond donors (Lipinski definition) is 3. The highest BCUT2D eigenvalue weighted by Gasteiger charge is 2.32. The molecule has 0 saturated carbocycles. The van der Waals surface area contributed by atoms with E-state index in [9.17, 15) is 14.7 Å². The Labute approximate surface area is 175 Å². The van der Waals surface area contributed by atoms with Crippen LogP contribution in [0.5, 0.6) is 0 Å². The van der Waals surface area contributed by atoms with Crippen LogP contribution >= 0.6 is 0 Å². The molecule has 0 bridgehead atoms. The molecule has 3 aromatic rings. The van der Waals surface area contributed by atoms with Crippen LogP contribution in [-0.2, 0) is 4.79 Å². The molecule has 1 aliphatic heterocycles. The average molecular weight is 405 g/mol. The van der Waals surface area contributed by atoms with Gasteiger partial charge in [0.25, 0.3) is 0 Å². The van der Waals surface area contributed by atoms with Crippen molar-refractivity contribution in [1.29, 1.82) is 0 Å². The van der Waals surface area contributed by atoms with Crippen LogP contribution in [0.1, 0.15) is 42.7 Å². The molecule has 1 aromatic heterocycles. The first-order valence-corrected chi connectivity index (χ1v) is 10.4. The van der Waals surface area contributed by atoms with Gasteiger partial charge in [0, 0.05) is 36.1 Å². The minimum atomic E-state index is -1.03. The normalized spacial score (nSPS) is 16.9. The molecule has 6 nitrogen and oxygen atoms in total. The lowest BCUT2D eigenvalue weighted by atomic mass is 9.89. The molecule has 2 heterocycles. The Kier molecular flexibility index (Phi) is 5.74. The number of carboxylic acid groups (broad SMARTS) is 1. The molecule has 6 heteroatoms. The summed E-state index contributed by atoms with van der Waals surface area (Å²) < 4.78 is 0. The summed E-state index contributed by atoms with van der Waals surface area (Å²) in [5, 5.41) is 13.6. The molecular formula is C24H27N3O3. The predicted molar refractivity (Wildman–Crippen MR) is 117 cm³/mol. The maximum atomic E-state index is 12.8. The van der Waals surface area contributed by atoms with Gasteiger partial charge in [-0.3, -0.25) is 0 Å². The summed E-state index contributed by atoms with van der Waals surface area (Å²) in [4.78, 5) is 29.7. The number of piperidine rings is 1. The number of carbonyl (C=O) groups is 2. The van der Waals surface area contributed by atoms with Gasteiger partial charge in [-0.1, -0.05) is 55.5 Å². The summed E-state index contributed by atoms with van der Waals surface area (Å²) in [6.07, 6.45) is 3.60. The number of aromatic amines is 1. The number of urea groups is 1. The van der Waals surface area contributed by atoms with Gasteiger partial charge in [0.05, 0.1) is 0 Å². The second-order valence-electron chi connectivity index (χ2n) is 8.02. The van der Waals surface area contributed by atoms with Crippen LogP contribution in [0.2, 0.25) is 0 Å². The predicted octanol–water partition coefficient (Wildman–Crippen LogP) is 4.31. The van der Waals surface area contributed by atoms with Gasteiger partial charge in [-0.05, 0) is 36.0 Å². The number of rotatable bonds is 5. The lowest BCUT2D eigenvalue weighted by molar-refractivity contribution is -0.139. The zero-order valence-corrected chi connectivity index (χ0v) is 17.0. The Hall–Kier alpha value is -3.28. The summed E-state index contributed by atoms with van der Waals surface area (Å²) >= 11 is 0. The van der Waals surface area contributed by atoms with Gasteiger partial charge < -0.3 is 20.3 Å². The number of hydrogen-bond acceptors (Lipinski definition) is 2. The lowest BCUT2D eigenvalue weighted by Crippen LogP contribution is -2.51. The first-order chi connectivity index (χ1) is 14.5. The van der Waals surface area contributed by atoms with E-state index in [1.807, 2.05) is 55.6 Å². The van der Waals surface area contributed by atoms with Crippen molar-refractivity contribution in [3.63, 3.8) is 0 Å². The molecule has 3 N–H and O–H groups in total. The van der Waals surface area contributed by atoms with Crippen molar-refractivity contribution in [2.45, 2.75) is 37.6 Å². The molecule has 0 unspecified atom stereocenters. The number of amides is 2. The number of likely N-dealkylation sites (tertiary alicyclic amines) is 1. The minimum Gasteiger partial charge on any atom is -0.480 e. The van der Waals surface area contributed by atoms with E-state index in [0.29, 0.717) is 19.0 Å². The van der Waals surface area contributed by atoms with Gasteiger partial charge in [-0.2, -0.15) is 0 Å². The number of carboxylic acids is 1. The fourth-order valence-electron chi connectivity index (χ4n) is 4.42. The van der Waals surface area contributed by atoms with Gasteiger partial charge in [0.2, 0.25) is 0 Å².